The van der Waals surface area contributed by atoms with Crippen molar-refractivity contribution in [3.05, 3.63) is 216 Å². The Morgan fingerprint density at radius 3 is 0.771 bits per heavy atom. The van der Waals surface area contributed by atoms with Crippen LogP contribution in [0.1, 0.15) is 47.2 Å². The number of phenolic OH excluding ortho intramolecular Hbond substituents is 3. The molecule has 0 amide bonds. The second kappa shape index (κ2) is 25.1. The van der Waals surface area contributed by atoms with Crippen molar-refractivity contribution < 1.29 is 123 Å². The van der Waals surface area contributed by atoms with Gasteiger partial charge in [-0.3, -0.25) is 0 Å². The molecule has 6 aromatic carbocycles. The Balaban J connectivity index is 0.000000267. The molecule has 6 aromatic rings. The summed E-state index contributed by atoms with van der Waals surface area (Å²) in [4.78, 5) is 33.9. The molecule has 0 aromatic heterocycles. The van der Waals surface area contributed by atoms with E-state index in [1.165, 1.54) is 19.9 Å². The normalized spacial score (nSPS) is 12.7. The third kappa shape index (κ3) is 14.1. The van der Waals surface area contributed by atoms with Crippen molar-refractivity contribution in [1.29, 1.82) is 0 Å². The van der Waals surface area contributed by atoms with E-state index in [9.17, 15) is 109 Å². The van der Waals surface area contributed by atoms with Crippen LogP contribution in [-0.2, 0) is 30.6 Å². The van der Waals surface area contributed by atoms with Gasteiger partial charge in [0.1, 0.15) is 34.5 Å². The van der Waals surface area contributed by atoms with E-state index in [4.69, 9.17) is 9.47 Å². The number of hydrogen-bond acceptors (Lipinski definition) is 9. The third-order valence-electron chi connectivity index (χ3n) is 11.8. The van der Waals surface area contributed by atoms with E-state index in [2.05, 4.69) is 17.9 Å². The number of benzene rings is 6. The van der Waals surface area contributed by atoms with Gasteiger partial charge in [0.15, 0.2) is 0 Å². The topological polar surface area (TPSA) is 140 Å². The van der Waals surface area contributed by atoms with E-state index in [1.54, 1.807) is 0 Å². The first-order chi connectivity index (χ1) is 38.2. The van der Waals surface area contributed by atoms with Crippen molar-refractivity contribution in [1.82, 2.24) is 0 Å². The third-order valence-corrected chi connectivity index (χ3v) is 11.8. The fourth-order valence-electron chi connectivity index (χ4n) is 8.04. The predicted molar refractivity (Wildman–Crippen MR) is 259 cm³/mol. The Kier molecular flexibility index (Phi) is 20.1. The number of ether oxygens (including phenoxy) is 3. The lowest BCUT2D eigenvalue weighted by molar-refractivity contribution is -0.290. The molecular formula is C56H40F18O9. The lowest BCUT2D eigenvalue weighted by atomic mass is 9.73. The summed E-state index contributed by atoms with van der Waals surface area (Å²) in [6, 6.07) is 16.4. The minimum Gasteiger partial charge on any atom is -0.508 e. The zero-order valence-electron chi connectivity index (χ0n) is 42.1. The Labute approximate surface area is 457 Å². The Bertz CT molecular complexity index is 3190. The summed E-state index contributed by atoms with van der Waals surface area (Å²) in [6.45, 7) is 9.32. The van der Waals surface area contributed by atoms with Crippen LogP contribution >= 0.6 is 0 Å². The van der Waals surface area contributed by atoms with Gasteiger partial charge in [0.05, 0.1) is 0 Å². The summed E-state index contributed by atoms with van der Waals surface area (Å²) < 4.78 is 264. The van der Waals surface area contributed by atoms with E-state index in [-0.39, 0.29) is 22.8 Å². The first-order valence-corrected chi connectivity index (χ1v) is 22.8. The van der Waals surface area contributed by atoms with Crippen molar-refractivity contribution in [3.63, 3.8) is 0 Å². The summed E-state index contributed by atoms with van der Waals surface area (Å²) in [5.74, 6) is -4.75. The smallest absolute Gasteiger partial charge is 0.411 e. The van der Waals surface area contributed by atoms with Crippen molar-refractivity contribution in [2.75, 3.05) is 0 Å². The molecule has 0 spiro atoms. The number of halogens is 18. The van der Waals surface area contributed by atoms with Gasteiger partial charge >= 0.3 is 55.0 Å². The number of phenols is 3. The second-order valence-electron chi connectivity index (χ2n) is 17.2. The van der Waals surface area contributed by atoms with Crippen molar-refractivity contribution in [2.24, 2.45) is 0 Å². The van der Waals surface area contributed by atoms with E-state index in [0.717, 1.165) is 84.9 Å². The molecule has 0 unspecified atom stereocenters. The highest BCUT2D eigenvalue weighted by molar-refractivity contribution is 5.88. The van der Waals surface area contributed by atoms with Gasteiger partial charge in [-0.1, -0.05) is 92.0 Å². The predicted octanol–water partition coefficient (Wildman–Crippen LogP) is 15.5. The quantitative estimate of drug-likeness (QED) is 0.0473. The number of carbonyl (C=O) groups is 3. The van der Waals surface area contributed by atoms with Gasteiger partial charge in [0.2, 0.25) is 16.2 Å². The first kappa shape index (κ1) is 66.6. The van der Waals surface area contributed by atoms with Gasteiger partial charge in [-0.2, -0.15) is 79.0 Å². The number of allylic oxidation sites excluding steroid dienone is 1. The van der Waals surface area contributed by atoms with Gasteiger partial charge < -0.3 is 29.5 Å². The molecule has 0 fully saturated rings. The molecule has 0 aliphatic heterocycles. The second-order valence-corrected chi connectivity index (χ2v) is 17.2. The molecule has 0 bridgehead atoms. The van der Waals surface area contributed by atoms with E-state index in [0.29, 0.717) is 72.8 Å². The molecule has 0 saturated carbocycles. The van der Waals surface area contributed by atoms with Crippen molar-refractivity contribution >= 4 is 17.9 Å². The Morgan fingerprint density at radius 2 is 0.578 bits per heavy atom. The molecule has 3 N–H and O–H groups in total. The average Bonchev–Trinajstić information content (AvgIpc) is 3.57. The van der Waals surface area contributed by atoms with Crippen LogP contribution in [0.3, 0.4) is 0 Å². The molecule has 27 heteroatoms. The van der Waals surface area contributed by atoms with E-state index >= 15 is 0 Å². The molecular weight excluding hydrogens is 1160 g/mol. The Hall–Kier alpha value is -8.91. The molecule has 444 valence electrons. The van der Waals surface area contributed by atoms with Crippen LogP contribution < -0.4 is 14.2 Å². The van der Waals surface area contributed by atoms with Crippen molar-refractivity contribution in [2.45, 2.75) is 67.2 Å². The van der Waals surface area contributed by atoms with Crippen LogP contribution in [0.15, 0.2) is 183 Å². The zero-order chi connectivity index (χ0) is 63.0. The maximum absolute atomic E-state index is 13.9. The maximum atomic E-state index is 13.9. The SMILES string of the molecule is C/C=C/C(=O)Oc1ccc(C(c2ccc(O)cc2)(C(F)(F)F)C(F)(F)F)cc1.C=C(C)C(=O)Oc1ccc(C(c2ccc(O)cc2)(C(F)(F)F)C(F)(F)F)cc1.C=CC(=O)Oc1ccc(C(c2ccc(O)cc2)(C(F)(F)F)C(F)(F)F)cc1. The van der Waals surface area contributed by atoms with Crippen LogP contribution in [0, 0.1) is 0 Å². The first-order valence-electron chi connectivity index (χ1n) is 22.8. The summed E-state index contributed by atoms with van der Waals surface area (Å²) in [6.07, 6.45) is -31.3. The molecule has 9 nitrogen and oxygen atoms in total. The fraction of sp³-hybridized carbons (Fsp3) is 0.196. The molecule has 0 radical (unpaired) electrons. The van der Waals surface area contributed by atoms with Crippen molar-refractivity contribution in [3.8, 4) is 34.5 Å². The number of esters is 3. The standard InChI is InChI=1S/2C19H14F6O3.C18H12F6O3/c1-11(2)16(27)28-15-9-5-13(6-10-15)17(18(20,21)22,19(23,24)25)12-3-7-14(26)8-4-12;1-2-3-16(27)28-15-10-6-13(7-11-15)17(18(20,21)22,19(23,24)25)12-4-8-14(26)9-5-12;1-2-15(26)27-14-9-5-12(6-10-14)16(17(19,20)21,18(22,23)24)11-3-7-13(25)8-4-11/h3-10,26H,1H2,2H3;2-11,26H,1H3;2-10,25H,1H2/b;3-2+;. The van der Waals surface area contributed by atoms with Crippen LogP contribution in [0.5, 0.6) is 34.5 Å². The number of aromatic hydroxyl groups is 3. The average molecular weight is 1200 g/mol. The molecule has 0 heterocycles. The Morgan fingerprint density at radius 1 is 0.373 bits per heavy atom. The zero-order valence-corrected chi connectivity index (χ0v) is 42.1. The summed E-state index contributed by atoms with van der Waals surface area (Å²) >= 11 is 0. The highest BCUT2D eigenvalue weighted by atomic mass is 19.4. The lowest BCUT2D eigenvalue weighted by Gasteiger charge is -2.38. The minimum atomic E-state index is -5.75. The van der Waals surface area contributed by atoms with Gasteiger partial charge in [0.25, 0.3) is 0 Å². The van der Waals surface area contributed by atoms with Crippen LogP contribution in [0.4, 0.5) is 79.0 Å². The van der Waals surface area contributed by atoms with Crippen LogP contribution in [-0.4, -0.2) is 70.3 Å². The molecule has 0 atom stereocenters. The highest BCUT2D eigenvalue weighted by Gasteiger charge is 2.74. The number of alkyl halides is 18. The van der Waals surface area contributed by atoms with E-state index < -0.39 is 122 Å². The fourth-order valence-corrected chi connectivity index (χ4v) is 8.04. The van der Waals surface area contributed by atoms with Crippen LogP contribution in [0.2, 0.25) is 0 Å². The van der Waals surface area contributed by atoms with Crippen LogP contribution in [0.25, 0.3) is 0 Å². The number of rotatable bonds is 12. The summed E-state index contributed by atoms with van der Waals surface area (Å²) in [5.41, 5.74) is -19.7. The summed E-state index contributed by atoms with van der Waals surface area (Å²) in [5, 5.41) is 27.7. The van der Waals surface area contributed by atoms with Gasteiger partial charge in [-0.05, 0) is 120 Å². The number of hydrogen-bond donors (Lipinski definition) is 3. The van der Waals surface area contributed by atoms with Gasteiger partial charge in [-0.25, -0.2) is 14.4 Å². The molecule has 0 aliphatic carbocycles. The molecule has 83 heavy (non-hydrogen) atoms. The minimum absolute atomic E-state index is 0.00750. The van der Waals surface area contributed by atoms with E-state index in [1.807, 2.05) is 0 Å². The van der Waals surface area contributed by atoms with Gasteiger partial charge in [0, 0.05) is 17.7 Å². The molecule has 6 rings (SSSR count). The van der Waals surface area contributed by atoms with Gasteiger partial charge in [-0.15, -0.1) is 0 Å². The molecule has 0 saturated heterocycles. The number of carbonyl (C=O) groups excluding carboxylic acids is 3. The largest absolute Gasteiger partial charge is 0.508 e. The highest BCUT2D eigenvalue weighted by Crippen LogP contribution is 2.59. The molecule has 0 aliphatic rings. The monoisotopic (exact) mass is 1200 g/mol. The summed E-state index contributed by atoms with van der Waals surface area (Å²) in [7, 11) is 0. The maximum Gasteiger partial charge on any atom is 0.411 e. The lowest BCUT2D eigenvalue weighted by Crippen LogP contribution is -2.54.